The van der Waals surface area contributed by atoms with Crippen LogP contribution in [0.3, 0.4) is 0 Å². The molecule has 2 aromatic heterocycles. The molecule has 0 unspecified atom stereocenters. The first kappa shape index (κ1) is 15.1. The molecule has 0 saturated carbocycles. The van der Waals surface area contributed by atoms with Crippen LogP contribution < -0.4 is 7.12 Å². The quantitative estimate of drug-likeness (QED) is 0.305. The summed E-state index contributed by atoms with van der Waals surface area (Å²) in [6.45, 7) is 0. The van der Waals surface area contributed by atoms with Crippen LogP contribution >= 0.6 is 0 Å². The van der Waals surface area contributed by atoms with E-state index in [0.717, 1.165) is 0 Å². The van der Waals surface area contributed by atoms with Gasteiger partial charge in [-0.25, -0.2) is 0 Å². The number of aromatic nitrogens is 2. The molecular formula is C22H16N2Se2+2. The van der Waals surface area contributed by atoms with E-state index in [-0.39, 0.29) is 0 Å². The van der Waals surface area contributed by atoms with Crippen molar-refractivity contribution in [1.29, 1.82) is 0 Å². The van der Waals surface area contributed by atoms with E-state index >= 15 is 0 Å². The summed E-state index contributed by atoms with van der Waals surface area (Å²) >= 11 is 0.793. The second-order valence-corrected chi connectivity index (χ2v) is 11.7. The van der Waals surface area contributed by atoms with Crippen molar-refractivity contribution in [2.24, 2.45) is 14.1 Å². The number of aryl methyl sites for hydroxylation is 2. The average Bonchev–Trinajstić information content (AvgIpc) is 3.16. The van der Waals surface area contributed by atoms with Crippen LogP contribution in [-0.2, 0) is 14.1 Å². The fourth-order valence-corrected chi connectivity index (χ4v) is 8.41. The normalized spacial score (nSPS) is 13.6. The third-order valence-corrected chi connectivity index (χ3v) is 9.63. The number of nitrogens with zero attached hydrogens (tertiary/aromatic N) is 2. The van der Waals surface area contributed by atoms with Crippen LogP contribution in [0.5, 0.6) is 0 Å². The molecule has 6 rings (SSSR count). The summed E-state index contributed by atoms with van der Waals surface area (Å²) in [5.74, 6) is 0. The zero-order valence-electron chi connectivity index (χ0n) is 14.5. The van der Waals surface area contributed by atoms with Gasteiger partial charge in [-0.05, 0) is 0 Å². The van der Waals surface area contributed by atoms with Gasteiger partial charge in [0.1, 0.15) is 0 Å². The van der Waals surface area contributed by atoms with Gasteiger partial charge in [0.2, 0.25) is 0 Å². The van der Waals surface area contributed by atoms with Gasteiger partial charge in [0.15, 0.2) is 0 Å². The Hall–Kier alpha value is -1.96. The van der Waals surface area contributed by atoms with E-state index in [1.54, 1.807) is 0 Å². The molecule has 2 heterocycles. The molecule has 124 valence electrons. The third kappa shape index (κ3) is 1.88. The van der Waals surface area contributed by atoms with Crippen molar-refractivity contribution < 1.29 is 7.12 Å². The maximum atomic E-state index is 2.42. The first-order chi connectivity index (χ1) is 12.7. The van der Waals surface area contributed by atoms with Crippen LogP contribution in [0.2, 0.25) is 0 Å². The Morgan fingerprint density at radius 3 is 1.50 bits per heavy atom. The fourth-order valence-electron chi connectivity index (χ4n) is 4.25. The van der Waals surface area contributed by atoms with Crippen LogP contribution in [0, 0.1) is 10.4 Å². The van der Waals surface area contributed by atoms with Crippen LogP contribution in [0.1, 0.15) is 0 Å². The van der Waals surface area contributed by atoms with Gasteiger partial charge < -0.3 is 0 Å². The summed E-state index contributed by atoms with van der Waals surface area (Å²) in [4.78, 5) is 0. The molecule has 4 heteroatoms. The Balaban J connectivity index is 1.97. The summed E-state index contributed by atoms with van der Waals surface area (Å²) in [5.41, 5.74) is 2.77. The molecule has 4 aromatic carbocycles. The minimum atomic E-state index is 0.397. The monoisotopic (exact) mass is 468 g/mol. The van der Waals surface area contributed by atoms with Crippen molar-refractivity contribution in [1.82, 2.24) is 0 Å². The number of benzene rings is 4. The van der Waals surface area contributed by atoms with Gasteiger partial charge in [0.05, 0.1) is 0 Å². The number of rotatable bonds is 0. The molecule has 0 spiro atoms. The zero-order valence-corrected chi connectivity index (χ0v) is 17.9. The van der Waals surface area contributed by atoms with Gasteiger partial charge >= 0.3 is 163 Å². The number of hydrogen-bond acceptors (Lipinski definition) is 0. The molecule has 0 aliphatic heterocycles. The van der Waals surface area contributed by atoms with Crippen LogP contribution in [-0.4, -0.2) is 29.5 Å². The number of hydrogen-bond donors (Lipinski definition) is 0. The fraction of sp³-hybridized carbons (Fsp3) is 0.0909. The van der Waals surface area contributed by atoms with Gasteiger partial charge in [0, 0.05) is 0 Å². The topological polar surface area (TPSA) is 7.76 Å². The molecule has 26 heavy (non-hydrogen) atoms. The van der Waals surface area contributed by atoms with Crippen LogP contribution in [0.4, 0.5) is 0 Å². The average molecular weight is 466 g/mol. The van der Waals surface area contributed by atoms with Gasteiger partial charge in [-0.2, -0.15) is 0 Å². The summed E-state index contributed by atoms with van der Waals surface area (Å²) < 4.78 is 7.84. The molecule has 6 aromatic rings. The summed E-state index contributed by atoms with van der Waals surface area (Å²) in [7, 11) is 4.43. The molecular weight excluding hydrogens is 450 g/mol. The Kier molecular flexibility index (Phi) is 3.07. The standard InChI is InChI=1S/C22H16N2Se2/c1-23-17-11-9-13(15-5-3-7-19(25-23)21(15)17)14-10-12-18-22-16(14)6-4-8-20(22)26-24(18)2/h3-12H,1-2H3/q+2/b14-13+. The predicted molar refractivity (Wildman–Crippen MR) is 108 cm³/mol. The molecule has 0 saturated heterocycles. The van der Waals surface area contributed by atoms with E-state index in [2.05, 4.69) is 81.9 Å². The minimum absolute atomic E-state index is 0.397. The van der Waals surface area contributed by atoms with Crippen LogP contribution in [0.15, 0.2) is 60.7 Å². The maximum absolute atomic E-state index is 2.42. The Morgan fingerprint density at radius 1 is 0.577 bits per heavy atom. The first-order valence-corrected chi connectivity index (χ1v) is 11.9. The second-order valence-electron chi connectivity index (χ2n) is 6.80. The molecule has 0 radical (unpaired) electrons. The Labute approximate surface area is 162 Å². The molecule has 0 aliphatic rings. The van der Waals surface area contributed by atoms with Crippen LogP contribution in [0.25, 0.3) is 41.1 Å². The SMILES string of the molecule is C[n+]1[se]c2cccc3/c(=c4\ccc5c6c(cccc46)[se][n+]5C)ccc1c23. The van der Waals surface area contributed by atoms with Gasteiger partial charge in [-0.1, -0.05) is 0 Å². The van der Waals surface area contributed by atoms with E-state index in [4.69, 9.17) is 0 Å². The van der Waals surface area contributed by atoms with Crippen molar-refractivity contribution in [3.05, 3.63) is 71.1 Å². The van der Waals surface area contributed by atoms with E-state index < -0.39 is 0 Å². The third-order valence-electron chi connectivity index (χ3n) is 5.40. The van der Waals surface area contributed by atoms with E-state index in [1.165, 1.54) is 51.5 Å². The summed E-state index contributed by atoms with van der Waals surface area (Å²) in [5, 5.41) is 8.42. The van der Waals surface area contributed by atoms with Gasteiger partial charge in [0.25, 0.3) is 0 Å². The van der Waals surface area contributed by atoms with Crippen molar-refractivity contribution >= 4 is 70.6 Å². The van der Waals surface area contributed by atoms with Gasteiger partial charge in [-0.15, -0.1) is 0 Å². The Bertz CT molecular complexity index is 1440. The molecule has 0 N–H and O–H groups in total. The Morgan fingerprint density at radius 2 is 1.04 bits per heavy atom. The van der Waals surface area contributed by atoms with E-state index in [0.29, 0.717) is 29.5 Å². The summed E-state index contributed by atoms with van der Waals surface area (Å²) in [6, 6.07) is 22.9. The predicted octanol–water partition coefficient (Wildman–Crippen LogP) is 2.79. The molecule has 0 fully saturated rings. The van der Waals surface area contributed by atoms with Gasteiger partial charge in [-0.3, -0.25) is 0 Å². The molecule has 0 atom stereocenters. The molecule has 0 amide bonds. The second kappa shape index (κ2) is 5.28. The molecule has 0 aliphatic carbocycles. The molecule has 2 nitrogen and oxygen atoms in total. The molecule has 0 bridgehead atoms. The first-order valence-electron chi connectivity index (χ1n) is 8.67. The van der Waals surface area contributed by atoms with Crippen molar-refractivity contribution in [3.63, 3.8) is 0 Å². The van der Waals surface area contributed by atoms with E-state index in [9.17, 15) is 0 Å². The van der Waals surface area contributed by atoms with Crippen molar-refractivity contribution in [2.45, 2.75) is 0 Å². The van der Waals surface area contributed by atoms with Crippen molar-refractivity contribution in [3.8, 4) is 0 Å². The zero-order chi connectivity index (χ0) is 17.4. The van der Waals surface area contributed by atoms with E-state index in [1.807, 2.05) is 0 Å². The van der Waals surface area contributed by atoms with Crippen molar-refractivity contribution in [2.75, 3.05) is 0 Å². The summed E-state index contributed by atoms with van der Waals surface area (Å²) in [6.07, 6.45) is 0.